The smallest absolute Gasteiger partial charge is 0.238 e. The fourth-order valence-corrected chi connectivity index (χ4v) is 4.04. The standard InChI is InChI=1S/C22H34N4O3/c1-4-25-7-5-6-17(14-25)18-12-19(21(23-13-18)22(28)16(2)3)24-20(27)15-26-8-10-29-11-9-26/h12-13,16-17H,4-11,14-15H2,1-3H3,(H,24,27). The molecule has 0 aliphatic carbocycles. The second-order valence-corrected chi connectivity index (χ2v) is 8.35. The Morgan fingerprint density at radius 3 is 2.69 bits per heavy atom. The zero-order valence-corrected chi connectivity index (χ0v) is 17.9. The molecule has 1 aromatic rings. The summed E-state index contributed by atoms with van der Waals surface area (Å²) in [5.74, 6) is 0.0577. The van der Waals surface area contributed by atoms with E-state index in [1.54, 1.807) is 0 Å². The highest BCUT2D eigenvalue weighted by Crippen LogP contribution is 2.29. The molecule has 160 valence electrons. The van der Waals surface area contributed by atoms with E-state index in [1.165, 1.54) is 0 Å². The van der Waals surface area contributed by atoms with Crippen molar-refractivity contribution in [2.24, 2.45) is 5.92 Å². The molecule has 0 aromatic carbocycles. The maximum Gasteiger partial charge on any atom is 0.238 e. The Morgan fingerprint density at radius 2 is 2.00 bits per heavy atom. The second kappa shape index (κ2) is 10.3. The molecule has 1 amide bonds. The number of ketones is 1. The molecule has 2 aliphatic rings. The number of nitrogens with zero attached hydrogens (tertiary/aromatic N) is 3. The highest BCUT2D eigenvalue weighted by Gasteiger charge is 2.24. The van der Waals surface area contributed by atoms with Crippen molar-refractivity contribution in [1.82, 2.24) is 14.8 Å². The van der Waals surface area contributed by atoms with Crippen LogP contribution < -0.4 is 5.32 Å². The molecule has 1 N–H and O–H groups in total. The first kappa shape index (κ1) is 21.9. The van der Waals surface area contributed by atoms with E-state index in [4.69, 9.17) is 4.74 Å². The zero-order chi connectivity index (χ0) is 20.8. The Morgan fingerprint density at radius 1 is 1.24 bits per heavy atom. The normalized spacial score (nSPS) is 21.3. The number of carbonyl (C=O) groups excluding carboxylic acids is 2. The van der Waals surface area contributed by atoms with Crippen LogP contribution in [0.15, 0.2) is 12.3 Å². The van der Waals surface area contributed by atoms with Gasteiger partial charge in [0.15, 0.2) is 5.78 Å². The Hall–Kier alpha value is -1.83. The Kier molecular flexibility index (Phi) is 7.75. The number of pyridine rings is 1. The second-order valence-electron chi connectivity index (χ2n) is 8.35. The van der Waals surface area contributed by atoms with E-state index in [1.807, 2.05) is 26.1 Å². The first-order valence-corrected chi connectivity index (χ1v) is 10.8. The van der Waals surface area contributed by atoms with Gasteiger partial charge in [-0.1, -0.05) is 20.8 Å². The van der Waals surface area contributed by atoms with Crippen molar-refractivity contribution < 1.29 is 14.3 Å². The Bertz CT molecular complexity index is 716. The largest absolute Gasteiger partial charge is 0.379 e. The van der Waals surface area contributed by atoms with Gasteiger partial charge in [0.1, 0.15) is 5.69 Å². The average Bonchev–Trinajstić information content (AvgIpc) is 2.73. The number of nitrogens with one attached hydrogen (secondary N) is 1. The lowest BCUT2D eigenvalue weighted by Gasteiger charge is -2.32. The maximum absolute atomic E-state index is 12.7. The van der Waals surface area contributed by atoms with Gasteiger partial charge in [-0.25, -0.2) is 0 Å². The third-order valence-electron chi connectivity index (χ3n) is 5.84. The minimum Gasteiger partial charge on any atom is -0.379 e. The number of aromatic nitrogens is 1. The monoisotopic (exact) mass is 402 g/mol. The first-order valence-electron chi connectivity index (χ1n) is 10.8. The molecule has 1 atom stereocenters. The van der Waals surface area contributed by atoms with Crippen molar-refractivity contribution in [3.63, 3.8) is 0 Å². The molecular formula is C22H34N4O3. The molecule has 3 heterocycles. The third kappa shape index (κ3) is 5.84. The number of Topliss-reactive ketones (excluding diaryl/α,β-unsaturated/α-hetero) is 1. The summed E-state index contributed by atoms with van der Waals surface area (Å²) >= 11 is 0. The van der Waals surface area contributed by atoms with Crippen LogP contribution in [0.5, 0.6) is 0 Å². The zero-order valence-electron chi connectivity index (χ0n) is 17.9. The van der Waals surface area contributed by atoms with Crippen molar-refractivity contribution >= 4 is 17.4 Å². The van der Waals surface area contributed by atoms with Gasteiger partial charge >= 0.3 is 0 Å². The number of amides is 1. The Balaban J connectivity index is 1.79. The lowest BCUT2D eigenvalue weighted by Crippen LogP contribution is -2.41. The highest BCUT2D eigenvalue weighted by molar-refractivity contribution is 6.04. The summed E-state index contributed by atoms with van der Waals surface area (Å²) in [5, 5.41) is 2.98. The van der Waals surface area contributed by atoms with Crippen LogP contribution >= 0.6 is 0 Å². The summed E-state index contributed by atoms with van der Waals surface area (Å²) in [6.07, 6.45) is 4.10. The van der Waals surface area contributed by atoms with Crippen molar-refractivity contribution in [3.05, 3.63) is 23.5 Å². The number of hydrogen-bond acceptors (Lipinski definition) is 6. The van der Waals surface area contributed by atoms with Crippen molar-refractivity contribution in [2.45, 2.75) is 39.5 Å². The highest BCUT2D eigenvalue weighted by atomic mass is 16.5. The number of ether oxygens (including phenoxy) is 1. The molecule has 2 aliphatic heterocycles. The topological polar surface area (TPSA) is 74.8 Å². The molecule has 0 bridgehead atoms. The van der Waals surface area contributed by atoms with Crippen LogP contribution in [0.25, 0.3) is 0 Å². The predicted octanol–water partition coefficient (Wildman–Crippen LogP) is 2.39. The van der Waals surface area contributed by atoms with Crippen molar-refractivity contribution in [3.8, 4) is 0 Å². The minimum absolute atomic E-state index is 0.0444. The van der Waals surface area contributed by atoms with Gasteiger partial charge < -0.3 is 15.0 Å². The summed E-state index contributed by atoms with van der Waals surface area (Å²) < 4.78 is 5.35. The number of carbonyl (C=O) groups is 2. The number of likely N-dealkylation sites (N-methyl/N-ethyl adjacent to an activating group) is 1. The van der Waals surface area contributed by atoms with E-state index >= 15 is 0 Å². The molecule has 2 saturated heterocycles. The predicted molar refractivity (Wildman–Crippen MR) is 113 cm³/mol. The quantitative estimate of drug-likeness (QED) is 0.706. The van der Waals surface area contributed by atoms with Crippen molar-refractivity contribution in [2.75, 3.05) is 57.8 Å². The van der Waals surface area contributed by atoms with Crippen LogP contribution in [0, 0.1) is 5.92 Å². The number of likely N-dealkylation sites (tertiary alicyclic amines) is 1. The maximum atomic E-state index is 12.7. The molecule has 29 heavy (non-hydrogen) atoms. The van der Waals surface area contributed by atoms with Gasteiger partial charge in [0.25, 0.3) is 0 Å². The van der Waals surface area contributed by atoms with E-state index in [2.05, 4.69) is 27.0 Å². The summed E-state index contributed by atoms with van der Waals surface area (Å²) in [5.41, 5.74) is 2.01. The van der Waals surface area contributed by atoms with Crippen LogP contribution in [0.2, 0.25) is 0 Å². The van der Waals surface area contributed by atoms with Crippen LogP contribution in [0.4, 0.5) is 5.69 Å². The molecular weight excluding hydrogens is 368 g/mol. The van der Waals surface area contributed by atoms with Crippen LogP contribution in [0.3, 0.4) is 0 Å². The van der Waals surface area contributed by atoms with E-state index in [0.717, 1.165) is 51.1 Å². The van der Waals surface area contributed by atoms with Crippen LogP contribution in [-0.4, -0.2) is 79.0 Å². The van der Waals surface area contributed by atoms with Gasteiger partial charge in [0, 0.05) is 31.7 Å². The fraction of sp³-hybridized carbons (Fsp3) is 0.682. The summed E-state index contributed by atoms with van der Waals surface area (Å²) in [4.78, 5) is 34.4. The molecule has 7 heteroatoms. The van der Waals surface area contributed by atoms with E-state index < -0.39 is 0 Å². The number of anilines is 1. The summed E-state index contributed by atoms with van der Waals surface area (Å²) in [6.45, 7) is 12.2. The number of hydrogen-bond donors (Lipinski definition) is 1. The SMILES string of the molecule is CCN1CCCC(c2cnc(C(=O)C(C)C)c(NC(=O)CN3CCOCC3)c2)C1. The molecule has 2 fully saturated rings. The number of rotatable bonds is 7. The fourth-order valence-electron chi connectivity index (χ4n) is 4.04. The third-order valence-corrected chi connectivity index (χ3v) is 5.84. The minimum atomic E-state index is -0.173. The van der Waals surface area contributed by atoms with Gasteiger partial charge in [-0.15, -0.1) is 0 Å². The number of morpholine rings is 1. The molecule has 7 nitrogen and oxygen atoms in total. The summed E-state index contributed by atoms with van der Waals surface area (Å²) in [7, 11) is 0. The van der Waals surface area contributed by atoms with E-state index in [0.29, 0.717) is 37.1 Å². The average molecular weight is 403 g/mol. The van der Waals surface area contributed by atoms with Gasteiger partial charge in [-0.05, 0) is 43.5 Å². The molecule has 0 radical (unpaired) electrons. The molecule has 0 spiro atoms. The van der Waals surface area contributed by atoms with Gasteiger partial charge in [-0.2, -0.15) is 0 Å². The molecule has 0 saturated carbocycles. The van der Waals surface area contributed by atoms with Gasteiger partial charge in [0.05, 0.1) is 25.4 Å². The lowest BCUT2D eigenvalue weighted by atomic mass is 9.90. The van der Waals surface area contributed by atoms with Crippen molar-refractivity contribution in [1.29, 1.82) is 0 Å². The Labute approximate surface area is 173 Å². The van der Waals surface area contributed by atoms with Crippen LogP contribution in [-0.2, 0) is 9.53 Å². The van der Waals surface area contributed by atoms with Gasteiger partial charge in [-0.3, -0.25) is 19.5 Å². The first-order chi connectivity index (χ1) is 14.0. The molecule has 1 aromatic heterocycles. The van der Waals surface area contributed by atoms with Crippen LogP contribution in [0.1, 0.15) is 55.6 Å². The van der Waals surface area contributed by atoms with Gasteiger partial charge in [0.2, 0.25) is 5.91 Å². The van der Waals surface area contributed by atoms with E-state index in [9.17, 15) is 9.59 Å². The molecule has 1 unspecified atom stereocenters. The van der Waals surface area contributed by atoms with E-state index in [-0.39, 0.29) is 17.6 Å². The number of piperidine rings is 1. The summed E-state index contributed by atoms with van der Waals surface area (Å²) in [6, 6.07) is 1.98. The molecule has 3 rings (SSSR count). The lowest BCUT2D eigenvalue weighted by molar-refractivity contribution is -0.118.